The van der Waals surface area contributed by atoms with Crippen LogP contribution in [0.3, 0.4) is 0 Å². The lowest BCUT2D eigenvalue weighted by Crippen LogP contribution is -2.50. The Balaban J connectivity index is 1.85. The highest BCUT2D eigenvalue weighted by atomic mass is 32.2. The highest BCUT2D eigenvalue weighted by Gasteiger charge is 2.30. The van der Waals surface area contributed by atoms with E-state index in [0.29, 0.717) is 44.7 Å². The van der Waals surface area contributed by atoms with Crippen LogP contribution >= 0.6 is 0 Å². The summed E-state index contributed by atoms with van der Waals surface area (Å²) in [6, 6.07) is -0.850. The second kappa shape index (κ2) is 13.9. The number of carbonyl (C=O) groups is 3. The van der Waals surface area contributed by atoms with Crippen LogP contribution < -0.4 is 15.4 Å². The molecule has 0 radical (unpaired) electrons. The summed E-state index contributed by atoms with van der Waals surface area (Å²) in [5, 5.41) is 15.2. The fourth-order valence-corrected chi connectivity index (χ4v) is 5.68. The van der Waals surface area contributed by atoms with Crippen LogP contribution in [-0.2, 0) is 24.4 Å². The van der Waals surface area contributed by atoms with E-state index < -0.39 is 28.0 Å². The molecular formula is C22H40N4O6S. The zero-order valence-electron chi connectivity index (χ0n) is 19.7. The lowest BCUT2D eigenvalue weighted by atomic mass is 9.92. The monoisotopic (exact) mass is 488 g/mol. The minimum absolute atomic E-state index is 0.0334. The van der Waals surface area contributed by atoms with Gasteiger partial charge in [0.25, 0.3) is 0 Å². The Morgan fingerprint density at radius 3 is 2.58 bits per heavy atom. The molecule has 2 aliphatic heterocycles. The molecule has 2 heterocycles. The fraction of sp³-hybridized carbons (Fsp3) is 0.864. The van der Waals surface area contributed by atoms with E-state index in [1.54, 1.807) is 4.90 Å². The molecule has 0 spiro atoms. The minimum Gasteiger partial charge on any atom is -0.481 e. The number of nitrogens with zero attached hydrogens (tertiary/aromatic N) is 1. The summed E-state index contributed by atoms with van der Waals surface area (Å²) < 4.78 is 26.5. The molecule has 2 fully saturated rings. The number of hydrogen-bond donors (Lipinski definition) is 4. The Bertz CT molecular complexity index is 754. The largest absolute Gasteiger partial charge is 0.481 e. The fourth-order valence-electron chi connectivity index (χ4n) is 4.41. The van der Waals surface area contributed by atoms with Crippen molar-refractivity contribution in [3.8, 4) is 0 Å². The number of aliphatic carboxylic acids is 1. The van der Waals surface area contributed by atoms with Crippen molar-refractivity contribution < 1.29 is 27.9 Å². The first-order valence-electron chi connectivity index (χ1n) is 12.2. The van der Waals surface area contributed by atoms with E-state index in [0.717, 1.165) is 38.8 Å². The summed E-state index contributed by atoms with van der Waals surface area (Å²) in [7, 11) is -3.52. The molecule has 2 rings (SSSR count). The van der Waals surface area contributed by atoms with Gasteiger partial charge >= 0.3 is 5.97 Å². The maximum absolute atomic E-state index is 12.8. The van der Waals surface area contributed by atoms with Gasteiger partial charge < -0.3 is 20.6 Å². The third-order valence-corrected chi connectivity index (χ3v) is 7.89. The van der Waals surface area contributed by atoms with Gasteiger partial charge in [0.05, 0.1) is 24.1 Å². The quantitative estimate of drug-likeness (QED) is 0.298. The van der Waals surface area contributed by atoms with Crippen molar-refractivity contribution in [2.45, 2.75) is 70.8 Å². The average molecular weight is 489 g/mol. The van der Waals surface area contributed by atoms with Crippen LogP contribution in [0.15, 0.2) is 0 Å². The Kier molecular flexibility index (Phi) is 11.6. The highest BCUT2D eigenvalue weighted by molar-refractivity contribution is 7.89. The molecule has 0 saturated carbocycles. The molecule has 0 aromatic heterocycles. The lowest BCUT2D eigenvalue weighted by molar-refractivity contribution is -0.137. The Morgan fingerprint density at radius 1 is 1.18 bits per heavy atom. The standard InChI is InChI=1S/C22H40N4O6S/c1-2-3-13-33(31,32)24-15-19(14-21(28)29)25-22(30)18-5-4-12-26(16-18)20(27)7-6-17-8-10-23-11-9-17/h17-19,23-24H,2-16H2,1H3,(H,25,30)(H,28,29)/t18-,19+/m1/s1. The maximum Gasteiger partial charge on any atom is 0.305 e. The molecule has 2 atom stereocenters. The summed E-state index contributed by atoms with van der Waals surface area (Å²) in [5.74, 6) is -1.27. The maximum atomic E-state index is 12.8. The summed E-state index contributed by atoms with van der Waals surface area (Å²) >= 11 is 0. The Labute approximate surface area is 197 Å². The topological polar surface area (TPSA) is 145 Å². The number of carboxylic acid groups (broad SMARTS) is 1. The van der Waals surface area contributed by atoms with Gasteiger partial charge in [-0.2, -0.15) is 0 Å². The van der Waals surface area contributed by atoms with Crippen LogP contribution in [0.4, 0.5) is 0 Å². The smallest absolute Gasteiger partial charge is 0.305 e. The van der Waals surface area contributed by atoms with Crippen LogP contribution in [0.25, 0.3) is 0 Å². The minimum atomic E-state index is -3.52. The van der Waals surface area contributed by atoms with Crippen molar-refractivity contribution in [3.05, 3.63) is 0 Å². The zero-order valence-corrected chi connectivity index (χ0v) is 20.5. The van der Waals surface area contributed by atoms with Crippen molar-refractivity contribution in [1.82, 2.24) is 20.3 Å². The van der Waals surface area contributed by atoms with Gasteiger partial charge in [0.1, 0.15) is 0 Å². The second-order valence-electron chi connectivity index (χ2n) is 9.24. The van der Waals surface area contributed by atoms with Crippen molar-refractivity contribution in [2.75, 3.05) is 38.5 Å². The van der Waals surface area contributed by atoms with E-state index in [9.17, 15) is 27.9 Å². The van der Waals surface area contributed by atoms with E-state index >= 15 is 0 Å². The molecule has 4 N–H and O–H groups in total. The number of amides is 2. The summed E-state index contributed by atoms with van der Waals surface area (Å²) in [4.78, 5) is 38.5. The number of likely N-dealkylation sites (tertiary alicyclic amines) is 1. The van der Waals surface area contributed by atoms with E-state index in [1.165, 1.54) is 0 Å². The molecule has 11 heteroatoms. The predicted molar refractivity (Wildman–Crippen MR) is 125 cm³/mol. The van der Waals surface area contributed by atoms with Crippen molar-refractivity contribution >= 4 is 27.8 Å². The number of hydrogen-bond acceptors (Lipinski definition) is 6. The summed E-state index contributed by atoms with van der Waals surface area (Å²) in [6.07, 6.45) is 5.72. The Hall–Kier alpha value is -1.72. The predicted octanol–water partition coefficient (Wildman–Crippen LogP) is 0.684. The van der Waals surface area contributed by atoms with Crippen molar-refractivity contribution in [2.24, 2.45) is 11.8 Å². The number of piperidine rings is 2. The number of nitrogens with one attached hydrogen (secondary N) is 3. The summed E-state index contributed by atoms with van der Waals surface area (Å²) in [5.41, 5.74) is 0. The lowest BCUT2D eigenvalue weighted by Gasteiger charge is -2.33. The van der Waals surface area contributed by atoms with E-state index in [2.05, 4.69) is 15.4 Å². The highest BCUT2D eigenvalue weighted by Crippen LogP contribution is 2.21. The average Bonchev–Trinajstić information content (AvgIpc) is 2.80. The molecule has 0 aromatic carbocycles. The van der Waals surface area contributed by atoms with E-state index in [1.807, 2.05) is 6.92 Å². The van der Waals surface area contributed by atoms with Gasteiger partial charge in [0, 0.05) is 26.1 Å². The molecule has 2 amide bonds. The normalized spacial score (nSPS) is 20.9. The van der Waals surface area contributed by atoms with E-state index in [4.69, 9.17) is 0 Å². The van der Waals surface area contributed by atoms with Gasteiger partial charge in [-0.05, 0) is 57.5 Å². The van der Waals surface area contributed by atoms with Gasteiger partial charge in [-0.25, -0.2) is 13.1 Å². The van der Waals surface area contributed by atoms with Gasteiger partial charge in [-0.3, -0.25) is 14.4 Å². The van der Waals surface area contributed by atoms with Crippen LogP contribution in [0.1, 0.15) is 64.7 Å². The number of rotatable bonds is 13. The molecule has 0 aliphatic carbocycles. The van der Waals surface area contributed by atoms with Gasteiger partial charge in [0.2, 0.25) is 21.8 Å². The van der Waals surface area contributed by atoms with Gasteiger partial charge in [0.15, 0.2) is 0 Å². The van der Waals surface area contributed by atoms with Crippen LogP contribution in [-0.4, -0.2) is 80.7 Å². The number of carbonyl (C=O) groups excluding carboxylic acids is 2. The molecule has 2 saturated heterocycles. The first-order valence-corrected chi connectivity index (χ1v) is 13.8. The molecular weight excluding hydrogens is 448 g/mol. The third-order valence-electron chi connectivity index (χ3n) is 6.45. The molecule has 2 aliphatic rings. The first kappa shape index (κ1) is 27.5. The van der Waals surface area contributed by atoms with Crippen LogP contribution in [0, 0.1) is 11.8 Å². The molecule has 190 valence electrons. The molecule has 33 heavy (non-hydrogen) atoms. The summed E-state index contributed by atoms with van der Waals surface area (Å²) in [6.45, 7) is 4.65. The van der Waals surface area contributed by atoms with Crippen LogP contribution in [0.2, 0.25) is 0 Å². The molecule has 0 bridgehead atoms. The third kappa shape index (κ3) is 10.4. The van der Waals surface area contributed by atoms with Crippen molar-refractivity contribution in [3.63, 3.8) is 0 Å². The second-order valence-corrected chi connectivity index (χ2v) is 11.2. The molecule has 0 aromatic rings. The van der Waals surface area contributed by atoms with Crippen LogP contribution in [0.5, 0.6) is 0 Å². The number of carboxylic acids is 1. The number of sulfonamides is 1. The SMILES string of the molecule is CCCCS(=O)(=O)NC[C@H](CC(=O)O)NC(=O)[C@@H]1CCCN(C(=O)CCC2CCNCC2)C1. The molecule has 10 nitrogen and oxygen atoms in total. The van der Waals surface area contributed by atoms with E-state index in [-0.39, 0.29) is 30.5 Å². The Morgan fingerprint density at radius 2 is 1.91 bits per heavy atom. The number of unbranched alkanes of at least 4 members (excludes halogenated alkanes) is 1. The molecule has 0 unspecified atom stereocenters. The van der Waals surface area contributed by atoms with Gasteiger partial charge in [-0.15, -0.1) is 0 Å². The zero-order chi connectivity index (χ0) is 24.3. The first-order chi connectivity index (χ1) is 15.7. The van der Waals surface area contributed by atoms with Crippen molar-refractivity contribution in [1.29, 1.82) is 0 Å². The van der Waals surface area contributed by atoms with Gasteiger partial charge in [-0.1, -0.05) is 13.3 Å².